The molecule has 3 aromatic rings. The fourth-order valence-corrected chi connectivity index (χ4v) is 4.81. The highest BCUT2D eigenvalue weighted by Crippen LogP contribution is 2.42. The van der Waals surface area contributed by atoms with E-state index < -0.39 is 7.14 Å². The van der Waals surface area contributed by atoms with Gasteiger partial charge in [-0.25, -0.2) is 4.98 Å². The summed E-state index contributed by atoms with van der Waals surface area (Å²) < 4.78 is 13.7. The van der Waals surface area contributed by atoms with Crippen molar-refractivity contribution in [2.24, 2.45) is 0 Å². The quantitative estimate of drug-likeness (QED) is 0.709. The molecule has 5 heteroatoms. The molecule has 0 aliphatic rings. The Balaban J connectivity index is 1.93. The maximum absolute atomic E-state index is 13.7. The molecule has 0 spiro atoms. The van der Waals surface area contributed by atoms with Crippen LogP contribution in [0.2, 0.25) is 5.02 Å². The predicted molar refractivity (Wildman–Crippen MR) is 97.5 cm³/mol. The summed E-state index contributed by atoms with van der Waals surface area (Å²) in [5, 5.41) is 5.40. The Morgan fingerprint density at radius 2 is 1.43 bits per heavy atom. The van der Waals surface area contributed by atoms with E-state index in [-0.39, 0.29) is 0 Å². The SMILES string of the molecule is O=P(CNc1ccc(Cl)cn1)(c1ccccc1)c1ccccc1. The van der Waals surface area contributed by atoms with E-state index in [0.29, 0.717) is 17.1 Å². The van der Waals surface area contributed by atoms with Crippen LogP contribution in [0.25, 0.3) is 0 Å². The lowest BCUT2D eigenvalue weighted by atomic mass is 10.4. The maximum atomic E-state index is 13.7. The molecule has 0 fully saturated rings. The second kappa shape index (κ2) is 6.99. The minimum atomic E-state index is -2.79. The smallest absolute Gasteiger partial charge is 0.161 e. The van der Waals surface area contributed by atoms with Crippen molar-refractivity contribution in [3.8, 4) is 0 Å². The summed E-state index contributed by atoms with van der Waals surface area (Å²) in [5.74, 6) is 0.654. The van der Waals surface area contributed by atoms with Crippen LogP contribution >= 0.6 is 18.7 Å². The summed E-state index contributed by atoms with van der Waals surface area (Å²) >= 11 is 5.85. The molecule has 0 saturated carbocycles. The zero-order chi connectivity index (χ0) is 16.1. The lowest BCUT2D eigenvalue weighted by molar-refractivity contribution is 0.588. The van der Waals surface area contributed by atoms with Crippen LogP contribution in [0.5, 0.6) is 0 Å². The van der Waals surface area contributed by atoms with E-state index in [1.54, 1.807) is 18.3 Å². The first-order valence-electron chi connectivity index (χ1n) is 7.24. The molecule has 2 aromatic carbocycles. The van der Waals surface area contributed by atoms with Crippen LogP contribution in [0.4, 0.5) is 5.82 Å². The average molecular weight is 343 g/mol. The second-order valence-electron chi connectivity index (χ2n) is 5.11. The van der Waals surface area contributed by atoms with Gasteiger partial charge in [-0.2, -0.15) is 0 Å². The van der Waals surface area contributed by atoms with Crippen LogP contribution in [-0.4, -0.2) is 11.3 Å². The predicted octanol–water partition coefficient (Wildman–Crippen LogP) is 4.12. The first-order chi connectivity index (χ1) is 11.2. The van der Waals surface area contributed by atoms with Crippen molar-refractivity contribution in [3.63, 3.8) is 0 Å². The van der Waals surface area contributed by atoms with Crippen molar-refractivity contribution in [2.75, 3.05) is 11.6 Å². The van der Waals surface area contributed by atoms with Crippen molar-refractivity contribution >= 4 is 35.2 Å². The number of pyridine rings is 1. The molecule has 0 bridgehead atoms. The van der Waals surface area contributed by atoms with Gasteiger partial charge in [-0.3, -0.25) is 0 Å². The molecule has 0 unspecified atom stereocenters. The summed E-state index contributed by atoms with van der Waals surface area (Å²) in [5.41, 5.74) is 0. The highest BCUT2D eigenvalue weighted by Gasteiger charge is 2.26. The van der Waals surface area contributed by atoms with Crippen LogP contribution in [-0.2, 0) is 4.57 Å². The molecular formula is C18H16ClN2OP. The van der Waals surface area contributed by atoms with E-state index in [1.165, 1.54) is 0 Å². The van der Waals surface area contributed by atoms with Crippen molar-refractivity contribution < 1.29 is 4.57 Å². The summed E-state index contributed by atoms with van der Waals surface area (Å²) in [6.45, 7) is 0. The molecule has 0 amide bonds. The monoisotopic (exact) mass is 342 g/mol. The zero-order valence-corrected chi connectivity index (χ0v) is 14.0. The van der Waals surface area contributed by atoms with Gasteiger partial charge in [-0.05, 0) is 12.1 Å². The Kier molecular flexibility index (Phi) is 4.80. The van der Waals surface area contributed by atoms with Gasteiger partial charge < -0.3 is 9.88 Å². The molecule has 116 valence electrons. The number of benzene rings is 2. The topological polar surface area (TPSA) is 42.0 Å². The highest BCUT2D eigenvalue weighted by molar-refractivity contribution is 7.78. The fourth-order valence-electron chi connectivity index (χ4n) is 2.34. The van der Waals surface area contributed by atoms with Gasteiger partial charge in [-0.15, -0.1) is 0 Å². The Labute approximate surface area is 140 Å². The molecule has 1 heterocycles. The number of hydrogen-bond donors (Lipinski definition) is 1. The summed E-state index contributed by atoms with van der Waals surface area (Å²) in [4.78, 5) is 4.20. The molecule has 3 rings (SSSR count). The van der Waals surface area contributed by atoms with E-state index in [4.69, 9.17) is 11.6 Å². The normalized spacial score (nSPS) is 11.2. The average Bonchev–Trinajstić information content (AvgIpc) is 2.62. The van der Waals surface area contributed by atoms with Crippen molar-refractivity contribution in [1.82, 2.24) is 4.98 Å². The first kappa shape index (κ1) is 15.8. The summed E-state index contributed by atoms with van der Waals surface area (Å²) in [6, 6.07) is 22.6. The van der Waals surface area contributed by atoms with E-state index in [1.807, 2.05) is 60.7 Å². The van der Waals surface area contributed by atoms with Crippen LogP contribution in [0.3, 0.4) is 0 Å². The number of halogens is 1. The molecule has 0 aliphatic carbocycles. The minimum Gasteiger partial charge on any atom is -0.362 e. The molecular weight excluding hydrogens is 327 g/mol. The Morgan fingerprint density at radius 3 is 1.91 bits per heavy atom. The molecule has 1 N–H and O–H groups in total. The fraction of sp³-hybridized carbons (Fsp3) is 0.0556. The van der Waals surface area contributed by atoms with E-state index in [2.05, 4.69) is 10.3 Å². The number of nitrogens with zero attached hydrogens (tertiary/aromatic N) is 1. The number of nitrogens with one attached hydrogen (secondary N) is 1. The Morgan fingerprint density at radius 1 is 0.870 bits per heavy atom. The third kappa shape index (κ3) is 3.64. The van der Waals surface area contributed by atoms with E-state index in [0.717, 1.165) is 10.6 Å². The van der Waals surface area contributed by atoms with Gasteiger partial charge in [-0.1, -0.05) is 72.3 Å². The van der Waals surface area contributed by atoms with Gasteiger partial charge in [0.15, 0.2) is 7.14 Å². The van der Waals surface area contributed by atoms with Crippen LogP contribution in [0.1, 0.15) is 0 Å². The number of anilines is 1. The molecule has 0 radical (unpaired) electrons. The third-order valence-electron chi connectivity index (χ3n) is 3.56. The molecule has 0 saturated heterocycles. The molecule has 1 aromatic heterocycles. The van der Waals surface area contributed by atoms with Gasteiger partial charge in [0.25, 0.3) is 0 Å². The lowest BCUT2D eigenvalue weighted by Gasteiger charge is -2.20. The number of rotatable bonds is 5. The maximum Gasteiger partial charge on any atom is 0.161 e. The standard InChI is InChI=1S/C18H16ClN2OP/c19-15-11-12-18(20-13-15)21-14-23(22,16-7-3-1-4-8-16)17-9-5-2-6-10-17/h1-13H,14H2,(H,20,21). The van der Waals surface area contributed by atoms with Crippen molar-refractivity contribution in [3.05, 3.63) is 84.0 Å². The van der Waals surface area contributed by atoms with Gasteiger partial charge in [0.05, 0.1) is 11.3 Å². The number of aromatic nitrogens is 1. The van der Waals surface area contributed by atoms with Gasteiger partial charge in [0, 0.05) is 16.8 Å². The van der Waals surface area contributed by atoms with E-state index in [9.17, 15) is 4.57 Å². The largest absolute Gasteiger partial charge is 0.362 e. The highest BCUT2D eigenvalue weighted by atomic mass is 35.5. The van der Waals surface area contributed by atoms with Gasteiger partial charge in [0.1, 0.15) is 5.82 Å². The van der Waals surface area contributed by atoms with Gasteiger partial charge >= 0.3 is 0 Å². The third-order valence-corrected chi connectivity index (χ3v) is 6.65. The van der Waals surface area contributed by atoms with Crippen LogP contribution in [0, 0.1) is 0 Å². The molecule has 0 atom stereocenters. The second-order valence-corrected chi connectivity index (χ2v) is 8.37. The first-order valence-corrected chi connectivity index (χ1v) is 9.51. The zero-order valence-electron chi connectivity index (χ0n) is 12.4. The molecule has 23 heavy (non-hydrogen) atoms. The summed E-state index contributed by atoms with van der Waals surface area (Å²) in [7, 11) is -2.79. The number of hydrogen-bond acceptors (Lipinski definition) is 3. The van der Waals surface area contributed by atoms with Crippen molar-refractivity contribution in [1.29, 1.82) is 0 Å². The van der Waals surface area contributed by atoms with Crippen LogP contribution in [0.15, 0.2) is 79.0 Å². The van der Waals surface area contributed by atoms with Crippen LogP contribution < -0.4 is 15.9 Å². The van der Waals surface area contributed by atoms with E-state index >= 15 is 0 Å². The van der Waals surface area contributed by atoms with Gasteiger partial charge in [0.2, 0.25) is 0 Å². The molecule has 3 nitrogen and oxygen atoms in total. The van der Waals surface area contributed by atoms with Crippen molar-refractivity contribution in [2.45, 2.75) is 0 Å². The Hall–Kier alpha value is -2.09. The summed E-state index contributed by atoms with van der Waals surface area (Å²) in [6.07, 6.45) is 1.87. The molecule has 0 aliphatic heterocycles. The Bertz CT molecular complexity index is 764. The minimum absolute atomic E-state index is 0.301. The lowest BCUT2D eigenvalue weighted by Crippen LogP contribution is -2.22.